The second-order valence-corrected chi connectivity index (χ2v) is 0.925. The summed E-state index contributed by atoms with van der Waals surface area (Å²) in [5.41, 5.74) is 0. The Morgan fingerprint density at radius 3 is 2.33 bits per heavy atom. The number of rotatable bonds is 1. The first kappa shape index (κ1) is 5.47. The summed E-state index contributed by atoms with van der Waals surface area (Å²) >= 11 is 0. The van der Waals surface area contributed by atoms with Gasteiger partial charge in [-0.05, 0) is 6.92 Å². The molecule has 0 aliphatic rings. The lowest BCUT2D eigenvalue weighted by atomic mass is 11.7. The van der Waals surface area contributed by atoms with Crippen LogP contribution in [0.5, 0.6) is 0 Å². The molecule has 0 unspecified atom stereocenters. The zero-order chi connectivity index (χ0) is 4.99. The molecule has 0 atom stereocenters. The summed E-state index contributed by atoms with van der Waals surface area (Å²) in [4.78, 5) is 9.82. The van der Waals surface area contributed by atoms with Gasteiger partial charge in [-0.2, -0.15) is 0 Å². The zero-order valence-electron chi connectivity index (χ0n) is 4.02. The van der Waals surface area contributed by atoms with E-state index >= 15 is 0 Å². The van der Waals surface area contributed by atoms with Crippen LogP contribution in [-0.2, 0) is 9.53 Å². The van der Waals surface area contributed by atoms with Gasteiger partial charge in [-0.15, -0.1) is 0 Å². The summed E-state index contributed by atoms with van der Waals surface area (Å²) in [7, 11) is 0. The Labute approximate surface area is 37.1 Å². The van der Waals surface area contributed by atoms with Crippen LogP contribution in [0.15, 0.2) is 0 Å². The normalized spacial score (nSPS) is 7.67. The number of esters is 1. The van der Waals surface area contributed by atoms with E-state index in [0.717, 1.165) is 0 Å². The van der Waals surface area contributed by atoms with Gasteiger partial charge in [-0.25, -0.2) is 0 Å². The molecule has 0 rings (SSSR count). The van der Waals surface area contributed by atoms with Crippen molar-refractivity contribution in [1.82, 2.24) is 0 Å². The average Bonchev–Trinajstić information content (AvgIpc) is 1.35. The molecule has 0 heterocycles. The van der Waals surface area contributed by atoms with Crippen molar-refractivity contribution in [1.29, 1.82) is 0 Å². The Morgan fingerprint density at radius 1 is 1.83 bits per heavy atom. The first-order valence-electron chi connectivity index (χ1n) is 1.90. The van der Waals surface area contributed by atoms with Crippen molar-refractivity contribution < 1.29 is 9.53 Å². The molecule has 0 aromatic rings. The SMILES string of the molecule is [13CH3][13CH2]O[13C]([13CH3])=O. The van der Waals surface area contributed by atoms with E-state index in [2.05, 4.69) is 4.74 Å². The maximum atomic E-state index is 9.82. The third kappa shape index (κ3) is 3.47. The van der Waals surface area contributed by atoms with Crippen LogP contribution in [0.4, 0.5) is 0 Å². The Bertz CT molecular complexity index is 49.5. The van der Waals surface area contributed by atoms with E-state index < -0.39 is 0 Å². The van der Waals surface area contributed by atoms with E-state index in [-0.39, 0.29) is 5.97 Å². The topological polar surface area (TPSA) is 26.3 Å². The first-order valence-corrected chi connectivity index (χ1v) is 1.90. The maximum Gasteiger partial charge on any atom is 0.302 e. The van der Waals surface area contributed by atoms with Crippen molar-refractivity contribution in [3.63, 3.8) is 0 Å². The van der Waals surface area contributed by atoms with Crippen LogP contribution in [0.1, 0.15) is 13.8 Å². The van der Waals surface area contributed by atoms with Crippen LogP contribution < -0.4 is 0 Å². The van der Waals surface area contributed by atoms with Gasteiger partial charge in [0.1, 0.15) is 0 Å². The summed E-state index contributed by atoms with van der Waals surface area (Å²) in [5, 5.41) is 0. The number of ether oxygens (including phenoxy) is 1. The molecular weight excluding hydrogens is 84.0 g/mol. The molecule has 0 aromatic carbocycles. The Hall–Kier alpha value is -0.530. The van der Waals surface area contributed by atoms with Gasteiger partial charge in [0, 0.05) is 6.92 Å². The summed E-state index contributed by atoms with van der Waals surface area (Å²) in [6.45, 7) is 3.65. The van der Waals surface area contributed by atoms with Crippen molar-refractivity contribution in [2.24, 2.45) is 0 Å². The minimum atomic E-state index is -0.211. The number of hydrogen-bond donors (Lipinski definition) is 0. The predicted octanol–water partition coefficient (Wildman–Crippen LogP) is 0.569. The third-order valence-electron chi connectivity index (χ3n) is 0.348. The van der Waals surface area contributed by atoms with Gasteiger partial charge in [0.25, 0.3) is 0 Å². The summed E-state index contributed by atoms with van der Waals surface area (Å²) in [6, 6.07) is 0. The van der Waals surface area contributed by atoms with E-state index in [1.54, 1.807) is 6.92 Å². The molecule has 0 spiro atoms. The molecule has 0 aromatic heterocycles. The van der Waals surface area contributed by atoms with E-state index in [9.17, 15) is 4.79 Å². The third-order valence-corrected chi connectivity index (χ3v) is 0.348. The molecule has 0 N–H and O–H groups in total. The van der Waals surface area contributed by atoms with Crippen LogP contribution in [0.2, 0.25) is 0 Å². The largest absolute Gasteiger partial charge is 0.466 e. The van der Waals surface area contributed by atoms with Gasteiger partial charge in [-0.1, -0.05) is 0 Å². The molecule has 2 heteroatoms. The summed E-state index contributed by atoms with van der Waals surface area (Å²) in [5.74, 6) is -0.211. The smallest absolute Gasteiger partial charge is 0.302 e. The van der Waals surface area contributed by atoms with Gasteiger partial charge >= 0.3 is 5.97 Å². The first-order chi connectivity index (χ1) is 2.77. The Morgan fingerprint density at radius 2 is 2.33 bits per heavy atom. The molecule has 0 bridgehead atoms. The molecule has 36 valence electrons. The van der Waals surface area contributed by atoms with E-state index in [0.29, 0.717) is 6.61 Å². The average molecular weight is 92.1 g/mol. The van der Waals surface area contributed by atoms with Gasteiger partial charge in [0.2, 0.25) is 0 Å². The molecule has 0 fully saturated rings. The minimum absolute atomic E-state index is 0.211. The standard InChI is InChI=1S/C4H8O2/c1-3-6-4(2)5/h3H2,1-2H3/i1+1,2+1,3+1,4+1. The zero-order valence-corrected chi connectivity index (χ0v) is 4.02. The number of carbonyl (C=O) groups is 1. The predicted molar refractivity (Wildman–Crippen MR) is 22.3 cm³/mol. The van der Waals surface area contributed by atoms with Crippen LogP contribution in [-0.4, -0.2) is 12.6 Å². The molecule has 0 radical (unpaired) electrons. The highest BCUT2D eigenvalue weighted by Gasteiger charge is 1.81. The molecular formula is C4H8O2. The summed E-state index contributed by atoms with van der Waals surface area (Å²) < 4.78 is 4.40. The molecule has 0 aliphatic carbocycles. The van der Waals surface area contributed by atoms with Crippen molar-refractivity contribution in [3.8, 4) is 0 Å². The van der Waals surface area contributed by atoms with Crippen LogP contribution >= 0.6 is 0 Å². The van der Waals surface area contributed by atoms with Gasteiger partial charge in [-0.3, -0.25) is 4.79 Å². The van der Waals surface area contributed by atoms with Crippen LogP contribution in [0.25, 0.3) is 0 Å². The summed E-state index contributed by atoms with van der Waals surface area (Å²) in [6.07, 6.45) is 0. The number of hydrogen-bond acceptors (Lipinski definition) is 2. The van der Waals surface area contributed by atoms with Crippen LogP contribution in [0, 0.1) is 0 Å². The van der Waals surface area contributed by atoms with Gasteiger partial charge < -0.3 is 4.74 Å². The molecule has 0 amide bonds. The monoisotopic (exact) mass is 92.1 g/mol. The van der Waals surface area contributed by atoms with Crippen molar-refractivity contribution in [2.75, 3.05) is 6.61 Å². The maximum absolute atomic E-state index is 9.82. The lowest BCUT2D eigenvalue weighted by Gasteiger charge is -1.89. The molecule has 0 saturated carbocycles. The van der Waals surface area contributed by atoms with Gasteiger partial charge in [0.05, 0.1) is 6.61 Å². The highest BCUT2D eigenvalue weighted by molar-refractivity contribution is 5.65. The molecule has 0 saturated heterocycles. The van der Waals surface area contributed by atoms with Crippen molar-refractivity contribution in [2.45, 2.75) is 13.8 Å². The fraction of sp³-hybridized carbons (Fsp3) is 0.750. The quantitative estimate of drug-likeness (QED) is 0.349. The Balaban J connectivity index is 2.83. The Kier molecular flexibility index (Phi) is 2.46. The fourth-order valence-corrected chi connectivity index (χ4v) is 0.203. The molecule has 2 nitrogen and oxygen atoms in total. The minimum Gasteiger partial charge on any atom is -0.466 e. The van der Waals surface area contributed by atoms with Crippen molar-refractivity contribution in [3.05, 3.63) is 0 Å². The highest BCUT2D eigenvalue weighted by Crippen LogP contribution is 1.69. The number of carbonyl (C=O) groups excluding carboxylic acids is 1. The van der Waals surface area contributed by atoms with E-state index in [1.807, 2.05) is 0 Å². The van der Waals surface area contributed by atoms with Crippen molar-refractivity contribution >= 4 is 5.97 Å². The second kappa shape index (κ2) is 2.69. The fourth-order valence-electron chi connectivity index (χ4n) is 0.203. The molecule has 6 heavy (non-hydrogen) atoms. The molecule has 0 aliphatic heterocycles. The second-order valence-electron chi connectivity index (χ2n) is 0.925. The van der Waals surface area contributed by atoms with E-state index in [4.69, 9.17) is 0 Å². The van der Waals surface area contributed by atoms with E-state index in [1.165, 1.54) is 6.92 Å². The lowest BCUT2D eigenvalue weighted by Crippen LogP contribution is -1.95. The van der Waals surface area contributed by atoms with Crippen LogP contribution in [0.3, 0.4) is 0 Å². The highest BCUT2D eigenvalue weighted by atomic mass is 16.7. The van der Waals surface area contributed by atoms with Gasteiger partial charge in [0.15, 0.2) is 0 Å². The lowest BCUT2D eigenvalue weighted by molar-refractivity contribution is -0.140.